The minimum absolute atomic E-state index is 0.110. The number of Topliss-reactive ketones (excluding diaryl/α,β-unsaturated/α-hetero) is 1. The summed E-state index contributed by atoms with van der Waals surface area (Å²) in [6.07, 6.45) is 0.261. The van der Waals surface area contributed by atoms with Crippen LogP contribution in [-0.2, 0) is 0 Å². The zero-order valence-electron chi connectivity index (χ0n) is 8.81. The summed E-state index contributed by atoms with van der Waals surface area (Å²) >= 11 is 5.37. The van der Waals surface area contributed by atoms with E-state index < -0.39 is 16.4 Å². The predicted molar refractivity (Wildman–Crippen MR) is 60.1 cm³/mol. The molecule has 0 heterocycles. The van der Waals surface area contributed by atoms with Crippen molar-refractivity contribution in [1.29, 1.82) is 0 Å². The number of methoxy groups -OCH3 is 1. The molecule has 0 aliphatic heterocycles. The van der Waals surface area contributed by atoms with Gasteiger partial charge in [0.15, 0.2) is 12.1 Å². The topological polar surface area (TPSA) is 86.5 Å². The molecule has 1 aromatic rings. The molecular weight excluding hydrogens is 250 g/mol. The largest absolute Gasteiger partial charge is 0.496 e. The van der Waals surface area contributed by atoms with Gasteiger partial charge in [0.25, 0.3) is 5.69 Å². The first kappa shape index (κ1) is 13.1. The minimum atomic E-state index is -0.753. The van der Waals surface area contributed by atoms with Crippen LogP contribution in [0.2, 0.25) is 0 Å². The number of carbonyl (C=O) groups excluding carboxylic acids is 2. The second-order valence-electron chi connectivity index (χ2n) is 3.04. The summed E-state index contributed by atoms with van der Waals surface area (Å²) in [6, 6.07) is 2.33. The smallest absolute Gasteiger partial charge is 0.284 e. The number of carbonyl (C=O) groups is 2. The molecule has 0 bridgehead atoms. The first-order valence-corrected chi connectivity index (χ1v) is 4.99. The van der Waals surface area contributed by atoms with E-state index in [-0.39, 0.29) is 29.0 Å². The fraction of sp³-hybridized carbons (Fsp3) is 0.200. The summed E-state index contributed by atoms with van der Waals surface area (Å²) in [7, 11) is 1.30. The molecule has 7 heteroatoms. The van der Waals surface area contributed by atoms with Crippen LogP contribution in [0, 0.1) is 10.1 Å². The van der Waals surface area contributed by atoms with E-state index in [4.69, 9.17) is 16.3 Å². The van der Waals surface area contributed by atoms with Crippen molar-refractivity contribution in [3.63, 3.8) is 0 Å². The standard InChI is InChI=1S/C10H8ClNO5/c1-17-6-2-7(10(14)4-11)8(5-13)9(3-6)12(15)16/h2-3,5H,4H2,1H3. The molecule has 6 nitrogen and oxygen atoms in total. The van der Waals surface area contributed by atoms with Gasteiger partial charge in [-0.05, 0) is 6.07 Å². The van der Waals surface area contributed by atoms with E-state index in [0.29, 0.717) is 0 Å². The normalized spacial score (nSPS) is 9.76. The van der Waals surface area contributed by atoms with Crippen molar-refractivity contribution in [1.82, 2.24) is 0 Å². The van der Waals surface area contributed by atoms with Gasteiger partial charge in [0.2, 0.25) is 0 Å². The molecule has 0 saturated carbocycles. The third kappa shape index (κ3) is 2.59. The van der Waals surface area contributed by atoms with Gasteiger partial charge in [0, 0.05) is 5.56 Å². The first-order chi connectivity index (χ1) is 8.04. The van der Waals surface area contributed by atoms with Crippen molar-refractivity contribution in [3.05, 3.63) is 33.4 Å². The third-order valence-electron chi connectivity index (χ3n) is 2.10. The Morgan fingerprint density at radius 1 is 1.59 bits per heavy atom. The Labute approximate surface area is 101 Å². The van der Waals surface area contributed by atoms with Crippen molar-refractivity contribution >= 4 is 29.4 Å². The molecule has 0 N–H and O–H groups in total. The lowest BCUT2D eigenvalue weighted by Gasteiger charge is -2.06. The molecule has 0 unspecified atom stereocenters. The summed E-state index contributed by atoms with van der Waals surface area (Å²) in [5, 5.41) is 10.8. The Balaban J connectivity index is 3.55. The van der Waals surface area contributed by atoms with Crippen LogP contribution in [0.3, 0.4) is 0 Å². The van der Waals surface area contributed by atoms with Crippen LogP contribution < -0.4 is 4.74 Å². The zero-order valence-corrected chi connectivity index (χ0v) is 9.56. The molecule has 0 fully saturated rings. The highest BCUT2D eigenvalue weighted by Gasteiger charge is 2.23. The molecule has 0 aliphatic rings. The fourth-order valence-corrected chi connectivity index (χ4v) is 1.45. The van der Waals surface area contributed by atoms with Crippen LogP contribution in [0.1, 0.15) is 20.7 Å². The summed E-state index contributed by atoms with van der Waals surface area (Å²) in [5.41, 5.74) is -0.879. The van der Waals surface area contributed by atoms with E-state index in [2.05, 4.69) is 0 Å². The van der Waals surface area contributed by atoms with E-state index in [1.165, 1.54) is 13.2 Å². The lowest BCUT2D eigenvalue weighted by Crippen LogP contribution is -2.08. The molecular formula is C10H8ClNO5. The van der Waals surface area contributed by atoms with Crippen molar-refractivity contribution in [2.75, 3.05) is 13.0 Å². The van der Waals surface area contributed by atoms with E-state index >= 15 is 0 Å². The quantitative estimate of drug-likeness (QED) is 0.264. The highest BCUT2D eigenvalue weighted by molar-refractivity contribution is 6.31. The molecule has 0 atom stereocenters. The van der Waals surface area contributed by atoms with E-state index in [1.54, 1.807) is 0 Å². The van der Waals surface area contributed by atoms with E-state index in [0.717, 1.165) is 6.07 Å². The molecule has 0 aromatic heterocycles. The number of hydrogen-bond donors (Lipinski definition) is 0. The number of benzene rings is 1. The Hall–Kier alpha value is -1.95. The van der Waals surface area contributed by atoms with Gasteiger partial charge in [-0.15, -0.1) is 11.6 Å². The van der Waals surface area contributed by atoms with Crippen molar-refractivity contribution < 1.29 is 19.2 Å². The minimum Gasteiger partial charge on any atom is -0.496 e. The summed E-state index contributed by atoms with van der Waals surface area (Å²) < 4.78 is 4.82. The monoisotopic (exact) mass is 257 g/mol. The van der Waals surface area contributed by atoms with E-state index in [1.807, 2.05) is 0 Å². The average molecular weight is 258 g/mol. The van der Waals surface area contributed by atoms with Gasteiger partial charge in [0.05, 0.1) is 24.0 Å². The maximum atomic E-state index is 11.5. The fourth-order valence-electron chi connectivity index (χ4n) is 1.31. The lowest BCUT2D eigenvalue weighted by atomic mass is 10.0. The Morgan fingerprint density at radius 3 is 2.65 bits per heavy atom. The van der Waals surface area contributed by atoms with Gasteiger partial charge in [-0.3, -0.25) is 19.7 Å². The molecule has 0 spiro atoms. The van der Waals surface area contributed by atoms with Crippen LogP contribution in [0.15, 0.2) is 12.1 Å². The number of ketones is 1. The van der Waals surface area contributed by atoms with Crippen LogP contribution in [-0.4, -0.2) is 30.0 Å². The second kappa shape index (κ2) is 5.40. The van der Waals surface area contributed by atoms with Crippen molar-refractivity contribution in [3.8, 4) is 5.75 Å². The number of nitrogens with zero attached hydrogens (tertiary/aromatic N) is 1. The Morgan fingerprint density at radius 2 is 2.24 bits per heavy atom. The van der Waals surface area contributed by atoms with Crippen LogP contribution in [0.25, 0.3) is 0 Å². The molecule has 1 rings (SSSR count). The maximum Gasteiger partial charge on any atom is 0.284 e. The van der Waals surface area contributed by atoms with Gasteiger partial charge in [-0.1, -0.05) is 0 Å². The maximum absolute atomic E-state index is 11.5. The Kier molecular flexibility index (Phi) is 4.17. The Bertz CT molecular complexity index is 486. The summed E-state index contributed by atoms with van der Waals surface area (Å²) in [5.74, 6) is -0.822. The van der Waals surface area contributed by atoms with Gasteiger partial charge in [-0.2, -0.15) is 0 Å². The van der Waals surface area contributed by atoms with Gasteiger partial charge in [-0.25, -0.2) is 0 Å². The third-order valence-corrected chi connectivity index (χ3v) is 2.35. The predicted octanol–water partition coefficient (Wildman–Crippen LogP) is 1.84. The second-order valence-corrected chi connectivity index (χ2v) is 3.31. The molecule has 1 aromatic carbocycles. The molecule has 0 aliphatic carbocycles. The van der Waals surface area contributed by atoms with Gasteiger partial charge in [0.1, 0.15) is 11.3 Å². The number of halogens is 1. The molecule has 17 heavy (non-hydrogen) atoms. The zero-order chi connectivity index (χ0) is 13.0. The van der Waals surface area contributed by atoms with Crippen LogP contribution in [0.4, 0.5) is 5.69 Å². The first-order valence-electron chi connectivity index (χ1n) is 4.46. The van der Waals surface area contributed by atoms with Crippen molar-refractivity contribution in [2.45, 2.75) is 0 Å². The van der Waals surface area contributed by atoms with Gasteiger partial charge < -0.3 is 4.74 Å². The molecule has 0 saturated heterocycles. The number of aldehydes is 1. The average Bonchev–Trinajstić information content (AvgIpc) is 2.35. The molecule has 90 valence electrons. The highest BCUT2D eigenvalue weighted by atomic mass is 35.5. The summed E-state index contributed by atoms with van der Waals surface area (Å²) in [4.78, 5) is 32.3. The SMILES string of the molecule is COc1cc(C(=O)CCl)c(C=O)c([N+](=O)[O-])c1. The number of hydrogen-bond acceptors (Lipinski definition) is 5. The number of alkyl halides is 1. The number of ether oxygens (including phenoxy) is 1. The van der Waals surface area contributed by atoms with Crippen LogP contribution >= 0.6 is 11.6 Å². The van der Waals surface area contributed by atoms with E-state index in [9.17, 15) is 19.7 Å². The van der Waals surface area contributed by atoms with Crippen molar-refractivity contribution in [2.24, 2.45) is 0 Å². The number of nitro benzene ring substituents is 1. The summed E-state index contributed by atoms with van der Waals surface area (Å²) in [6.45, 7) is 0. The van der Waals surface area contributed by atoms with Gasteiger partial charge >= 0.3 is 0 Å². The van der Waals surface area contributed by atoms with Crippen LogP contribution in [0.5, 0.6) is 5.75 Å². The lowest BCUT2D eigenvalue weighted by molar-refractivity contribution is -0.385. The number of nitro groups is 1. The molecule has 0 radical (unpaired) electrons. The highest BCUT2D eigenvalue weighted by Crippen LogP contribution is 2.28. The molecule has 0 amide bonds. The number of rotatable bonds is 5.